The van der Waals surface area contributed by atoms with Gasteiger partial charge >= 0.3 is 0 Å². The van der Waals surface area contributed by atoms with Gasteiger partial charge < -0.3 is 5.32 Å². The van der Waals surface area contributed by atoms with Crippen LogP contribution in [0.15, 0.2) is 53.1 Å². The van der Waals surface area contributed by atoms with E-state index in [-0.39, 0.29) is 11.9 Å². The van der Waals surface area contributed by atoms with Crippen molar-refractivity contribution in [2.75, 3.05) is 0 Å². The van der Waals surface area contributed by atoms with Gasteiger partial charge in [0.25, 0.3) is 5.91 Å². The Hall–Kier alpha value is -1.68. The molecule has 0 saturated heterocycles. The van der Waals surface area contributed by atoms with Crippen LogP contribution in [0.4, 0.5) is 0 Å². The van der Waals surface area contributed by atoms with E-state index in [9.17, 15) is 4.79 Å². The van der Waals surface area contributed by atoms with E-state index in [0.29, 0.717) is 5.69 Å². The standard InChI is InChI=1S/C15H15BrN2O/c1-11(10-12-5-7-13(16)8-6-12)18-15(19)14-4-2-3-9-17-14/h2-9,11H,10H2,1H3,(H,18,19)/t11-/m1/s1. The molecular formula is C15H15BrN2O. The number of hydrogen-bond donors (Lipinski definition) is 1. The van der Waals surface area contributed by atoms with Crippen LogP contribution in [-0.4, -0.2) is 16.9 Å². The van der Waals surface area contributed by atoms with Gasteiger partial charge in [0.2, 0.25) is 0 Å². The average molecular weight is 319 g/mol. The highest BCUT2D eigenvalue weighted by atomic mass is 79.9. The molecule has 0 aliphatic rings. The third kappa shape index (κ3) is 4.17. The Labute approximate surface area is 121 Å². The molecule has 0 saturated carbocycles. The number of amides is 1. The lowest BCUT2D eigenvalue weighted by Crippen LogP contribution is -2.34. The second-order valence-corrected chi connectivity index (χ2v) is 5.34. The molecular weight excluding hydrogens is 304 g/mol. The monoisotopic (exact) mass is 318 g/mol. The number of nitrogens with one attached hydrogen (secondary N) is 1. The van der Waals surface area contributed by atoms with Gasteiger partial charge in [-0.05, 0) is 43.2 Å². The smallest absolute Gasteiger partial charge is 0.270 e. The molecule has 1 heterocycles. The Morgan fingerprint density at radius 1 is 1.26 bits per heavy atom. The predicted octanol–water partition coefficient (Wildman–Crippen LogP) is 3.21. The van der Waals surface area contributed by atoms with Crippen LogP contribution in [0.25, 0.3) is 0 Å². The van der Waals surface area contributed by atoms with E-state index in [2.05, 4.69) is 26.2 Å². The number of carbonyl (C=O) groups is 1. The SMILES string of the molecule is C[C@H](Cc1ccc(Br)cc1)NC(=O)c1ccccn1. The zero-order chi connectivity index (χ0) is 13.7. The molecule has 1 amide bonds. The van der Waals surface area contributed by atoms with E-state index < -0.39 is 0 Å². The first kappa shape index (κ1) is 13.7. The fourth-order valence-electron chi connectivity index (χ4n) is 1.82. The molecule has 0 fully saturated rings. The summed E-state index contributed by atoms with van der Waals surface area (Å²) in [4.78, 5) is 16.0. The lowest BCUT2D eigenvalue weighted by atomic mass is 10.1. The maximum Gasteiger partial charge on any atom is 0.270 e. The van der Waals surface area contributed by atoms with Gasteiger partial charge in [0, 0.05) is 16.7 Å². The molecule has 0 spiro atoms. The summed E-state index contributed by atoms with van der Waals surface area (Å²) in [5, 5.41) is 2.95. The van der Waals surface area contributed by atoms with Gasteiger partial charge in [-0.3, -0.25) is 9.78 Å². The number of nitrogens with zero attached hydrogens (tertiary/aromatic N) is 1. The predicted molar refractivity (Wildman–Crippen MR) is 79.0 cm³/mol. The van der Waals surface area contributed by atoms with Gasteiger partial charge in [0.1, 0.15) is 5.69 Å². The lowest BCUT2D eigenvalue weighted by Gasteiger charge is -2.13. The van der Waals surface area contributed by atoms with E-state index in [1.54, 1.807) is 24.4 Å². The van der Waals surface area contributed by atoms with Crippen LogP contribution in [0.2, 0.25) is 0 Å². The Morgan fingerprint density at radius 3 is 2.63 bits per heavy atom. The number of carbonyl (C=O) groups excluding carboxylic acids is 1. The molecule has 4 heteroatoms. The van der Waals surface area contributed by atoms with Crippen LogP contribution >= 0.6 is 15.9 Å². The van der Waals surface area contributed by atoms with Crippen molar-refractivity contribution in [3.8, 4) is 0 Å². The molecule has 0 unspecified atom stereocenters. The van der Waals surface area contributed by atoms with Crippen molar-refractivity contribution in [2.24, 2.45) is 0 Å². The molecule has 0 bridgehead atoms. The van der Waals surface area contributed by atoms with Crippen molar-refractivity contribution >= 4 is 21.8 Å². The molecule has 3 nitrogen and oxygen atoms in total. The average Bonchev–Trinajstić information content (AvgIpc) is 2.42. The van der Waals surface area contributed by atoms with Crippen LogP contribution in [0, 0.1) is 0 Å². The molecule has 0 aliphatic heterocycles. The number of hydrogen-bond acceptors (Lipinski definition) is 2. The second-order valence-electron chi connectivity index (χ2n) is 4.42. The van der Waals surface area contributed by atoms with Crippen LogP contribution in [0.5, 0.6) is 0 Å². The summed E-state index contributed by atoms with van der Waals surface area (Å²) in [5.41, 5.74) is 1.64. The van der Waals surface area contributed by atoms with Gasteiger partial charge in [-0.1, -0.05) is 34.1 Å². The maximum atomic E-state index is 11.9. The van der Waals surface area contributed by atoms with Crippen LogP contribution < -0.4 is 5.32 Å². The van der Waals surface area contributed by atoms with E-state index in [1.807, 2.05) is 31.2 Å². The van der Waals surface area contributed by atoms with Gasteiger partial charge in [-0.25, -0.2) is 0 Å². The highest BCUT2D eigenvalue weighted by Gasteiger charge is 2.10. The topological polar surface area (TPSA) is 42.0 Å². The summed E-state index contributed by atoms with van der Waals surface area (Å²) >= 11 is 3.40. The third-order valence-electron chi connectivity index (χ3n) is 2.73. The minimum absolute atomic E-state index is 0.0654. The summed E-state index contributed by atoms with van der Waals surface area (Å²) in [7, 11) is 0. The summed E-state index contributed by atoms with van der Waals surface area (Å²) in [6.07, 6.45) is 2.42. The van der Waals surface area contributed by atoms with Gasteiger partial charge in [0.05, 0.1) is 0 Å². The van der Waals surface area contributed by atoms with E-state index in [1.165, 1.54) is 5.56 Å². The Kier molecular flexibility index (Phi) is 4.68. The molecule has 0 radical (unpaired) electrons. The quantitative estimate of drug-likeness (QED) is 0.940. The van der Waals surface area contributed by atoms with Gasteiger partial charge in [0.15, 0.2) is 0 Å². The van der Waals surface area contributed by atoms with Crippen LogP contribution in [0.1, 0.15) is 23.0 Å². The Morgan fingerprint density at radius 2 is 2.00 bits per heavy atom. The first-order valence-corrected chi connectivity index (χ1v) is 6.91. The number of rotatable bonds is 4. The first-order chi connectivity index (χ1) is 9.15. The molecule has 0 aliphatic carbocycles. The Balaban J connectivity index is 1.92. The van der Waals surface area contributed by atoms with Crippen LogP contribution in [0.3, 0.4) is 0 Å². The molecule has 2 aromatic rings. The summed E-state index contributed by atoms with van der Waals surface area (Å²) in [5.74, 6) is -0.134. The van der Waals surface area contributed by atoms with E-state index in [4.69, 9.17) is 0 Å². The number of halogens is 1. The highest BCUT2D eigenvalue weighted by molar-refractivity contribution is 9.10. The molecule has 98 valence electrons. The molecule has 2 rings (SSSR count). The minimum atomic E-state index is -0.134. The van der Waals surface area contributed by atoms with Crippen molar-refractivity contribution in [3.63, 3.8) is 0 Å². The zero-order valence-corrected chi connectivity index (χ0v) is 12.2. The molecule has 19 heavy (non-hydrogen) atoms. The lowest BCUT2D eigenvalue weighted by molar-refractivity contribution is 0.0935. The molecule has 1 N–H and O–H groups in total. The van der Waals surface area contributed by atoms with Crippen molar-refractivity contribution in [1.29, 1.82) is 0 Å². The van der Waals surface area contributed by atoms with Crippen molar-refractivity contribution in [3.05, 3.63) is 64.4 Å². The summed E-state index contributed by atoms with van der Waals surface area (Å²) < 4.78 is 1.06. The third-order valence-corrected chi connectivity index (χ3v) is 3.26. The minimum Gasteiger partial charge on any atom is -0.348 e. The van der Waals surface area contributed by atoms with Crippen molar-refractivity contribution in [1.82, 2.24) is 10.3 Å². The van der Waals surface area contributed by atoms with Crippen molar-refractivity contribution < 1.29 is 4.79 Å². The normalized spacial score (nSPS) is 11.9. The van der Waals surface area contributed by atoms with Crippen molar-refractivity contribution in [2.45, 2.75) is 19.4 Å². The number of pyridine rings is 1. The molecule has 1 aromatic carbocycles. The molecule has 1 atom stereocenters. The maximum absolute atomic E-state index is 11.9. The highest BCUT2D eigenvalue weighted by Crippen LogP contribution is 2.12. The van der Waals surface area contributed by atoms with E-state index in [0.717, 1.165) is 10.9 Å². The summed E-state index contributed by atoms with van der Waals surface area (Å²) in [6.45, 7) is 1.99. The van der Waals surface area contributed by atoms with E-state index >= 15 is 0 Å². The second kappa shape index (κ2) is 6.48. The summed E-state index contributed by atoms with van der Waals surface area (Å²) in [6, 6.07) is 13.5. The zero-order valence-electron chi connectivity index (χ0n) is 10.6. The molecule has 1 aromatic heterocycles. The van der Waals surface area contributed by atoms with Crippen LogP contribution in [-0.2, 0) is 6.42 Å². The number of benzene rings is 1. The van der Waals surface area contributed by atoms with Gasteiger partial charge in [-0.15, -0.1) is 0 Å². The largest absolute Gasteiger partial charge is 0.348 e. The fraction of sp³-hybridized carbons (Fsp3) is 0.200. The number of aromatic nitrogens is 1. The first-order valence-electron chi connectivity index (χ1n) is 6.11. The fourth-order valence-corrected chi connectivity index (χ4v) is 2.08. The Bertz CT molecular complexity index is 540. The van der Waals surface area contributed by atoms with Gasteiger partial charge in [-0.2, -0.15) is 0 Å².